The molecule has 0 spiro atoms. The lowest BCUT2D eigenvalue weighted by atomic mass is 10.1. The number of benzene rings is 2. The Morgan fingerprint density at radius 3 is 2.60 bits per heavy atom. The van der Waals surface area contributed by atoms with E-state index in [2.05, 4.69) is 39.5 Å². The van der Waals surface area contributed by atoms with E-state index < -0.39 is 0 Å². The number of nitrogens with zero attached hydrogens (tertiary/aromatic N) is 2. The van der Waals surface area contributed by atoms with Crippen molar-refractivity contribution in [3.63, 3.8) is 0 Å². The zero-order chi connectivity index (χ0) is 21.2. The van der Waals surface area contributed by atoms with Gasteiger partial charge in [0.05, 0.1) is 6.42 Å². The predicted octanol–water partition coefficient (Wildman–Crippen LogP) is 5.34. The molecule has 1 heterocycles. The second kappa shape index (κ2) is 11.3. The molecule has 1 aliphatic heterocycles. The monoisotopic (exact) mass is 407 g/mol. The average Bonchev–Trinajstić information content (AvgIpc) is 2.78. The summed E-state index contributed by atoms with van der Waals surface area (Å²) >= 11 is 0. The summed E-state index contributed by atoms with van der Waals surface area (Å²) in [4.78, 5) is 19.1. The Labute approximate surface area is 178 Å². The SMILES string of the molecule is CC/C(CC(=O)NCc1cccc(F)c1)=N\C=C\c1ccc(N2CCCCC2)cc1. The minimum atomic E-state index is -0.299. The summed E-state index contributed by atoms with van der Waals surface area (Å²) in [6.07, 6.45) is 8.53. The number of halogens is 1. The van der Waals surface area contributed by atoms with Crippen molar-refractivity contribution in [2.24, 2.45) is 4.99 Å². The van der Waals surface area contributed by atoms with Crippen LogP contribution in [0.3, 0.4) is 0 Å². The van der Waals surface area contributed by atoms with Crippen molar-refractivity contribution in [3.8, 4) is 0 Å². The van der Waals surface area contributed by atoms with Crippen molar-refractivity contribution in [3.05, 3.63) is 71.7 Å². The summed E-state index contributed by atoms with van der Waals surface area (Å²) in [7, 11) is 0. The topological polar surface area (TPSA) is 44.7 Å². The lowest BCUT2D eigenvalue weighted by Crippen LogP contribution is -2.29. The summed E-state index contributed by atoms with van der Waals surface area (Å²) < 4.78 is 13.2. The molecule has 5 heteroatoms. The number of hydrogen-bond donors (Lipinski definition) is 1. The highest BCUT2D eigenvalue weighted by atomic mass is 19.1. The van der Waals surface area contributed by atoms with E-state index in [4.69, 9.17) is 0 Å². The van der Waals surface area contributed by atoms with Crippen LogP contribution in [0.5, 0.6) is 0 Å². The largest absolute Gasteiger partial charge is 0.372 e. The normalized spacial score (nSPS) is 14.9. The molecule has 1 N–H and O–H groups in total. The molecule has 1 saturated heterocycles. The third-order valence-electron chi connectivity index (χ3n) is 5.29. The van der Waals surface area contributed by atoms with E-state index in [-0.39, 0.29) is 18.1 Å². The number of carbonyl (C=O) groups is 1. The maximum Gasteiger partial charge on any atom is 0.225 e. The van der Waals surface area contributed by atoms with Crippen LogP contribution in [0, 0.1) is 5.82 Å². The number of carbonyl (C=O) groups excluding carboxylic acids is 1. The van der Waals surface area contributed by atoms with Gasteiger partial charge >= 0.3 is 0 Å². The summed E-state index contributed by atoms with van der Waals surface area (Å²) in [5.74, 6) is -0.411. The van der Waals surface area contributed by atoms with E-state index in [0.717, 1.165) is 29.9 Å². The molecular weight excluding hydrogens is 377 g/mol. The third-order valence-corrected chi connectivity index (χ3v) is 5.29. The van der Waals surface area contributed by atoms with E-state index in [1.807, 2.05) is 13.0 Å². The highest BCUT2D eigenvalue weighted by Gasteiger charge is 2.10. The summed E-state index contributed by atoms with van der Waals surface area (Å²) in [6.45, 7) is 4.58. The molecule has 1 aliphatic rings. The first-order chi connectivity index (χ1) is 14.6. The van der Waals surface area contributed by atoms with E-state index in [9.17, 15) is 9.18 Å². The maximum atomic E-state index is 13.2. The number of rotatable bonds is 8. The third kappa shape index (κ3) is 6.83. The second-order valence-corrected chi connectivity index (χ2v) is 7.59. The Balaban J connectivity index is 1.50. The van der Waals surface area contributed by atoms with Crippen LogP contribution in [-0.4, -0.2) is 24.7 Å². The molecule has 0 bridgehead atoms. The number of anilines is 1. The van der Waals surface area contributed by atoms with Gasteiger partial charge in [-0.3, -0.25) is 9.79 Å². The van der Waals surface area contributed by atoms with Gasteiger partial charge in [-0.25, -0.2) is 4.39 Å². The predicted molar refractivity (Wildman–Crippen MR) is 122 cm³/mol. The minimum absolute atomic E-state index is 0.112. The molecule has 0 unspecified atom stereocenters. The highest BCUT2D eigenvalue weighted by molar-refractivity contribution is 6.01. The smallest absolute Gasteiger partial charge is 0.225 e. The molecule has 30 heavy (non-hydrogen) atoms. The molecule has 3 rings (SSSR count). The Bertz CT molecular complexity index is 884. The molecule has 0 radical (unpaired) electrons. The second-order valence-electron chi connectivity index (χ2n) is 7.59. The summed E-state index contributed by atoms with van der Waals surface area (Å²) in [6, 6.07) is 14.8. The fraction of sp³-hybridized carbons (Fsp3) is 0.360. The van der Waals surface area contributed by atoms with Gasteiger partial charge in [-0.2, -0.15) is 0 Å². The van der Waals surface area contributed by atoms with Gasteiger partial charge in [-0.15, -0.1) is 0 Å². The molecule has 4 nitrogen and oxygen atoms in total. The van der Waals surface area contributed by atoms with Gasteiger partial charge in [0.1, 0.15) is 5.82 Å². The van der Waals surface area contributed by atoms with Crippen LogP contribution in [-0.2, 0) is 11.3 Å². The molecular formula is C25H30FN3O. The Kier molecular flexibility index (Phi) is 8.19. The van der Waals surface area contributed by atoms with E-state index in [1.165, 1.54) is 37.1 Å². The molecule has 0 saturated carbocycles. The van der Waals surface area contributed by atoms with Crippen LogP contribution in [0.2, 0.25) is 0 Å². The number of hydrogen-bond acceptors (Lipinski definition) is 3. The van der Waals surface area contributed by atoms with Crippen LogP contribution >= 0.6 is 0 Å². The summed E-state index contributed by atoms with van der Waals surface area (Å²) in [5.41, 5.74) is 3.92. The first-order valence-electron chi connectivity index (χ1n) is 10.7. The van der Waals surface area contributed by atoms with Crippen LogP contribution in [0.1, 0.15) is 50.2 Å². The average molecular weight is 408 g/mol. The van der Waals surface area contributed by atoms with Crippen molar-refractivity contribution in [2.75, 3.05) is 18.0 Å². The van der Waals surface area contributed by atoms with Gasteiger partial charge in [0.15, 0.2) is 0 Å². The number of amides is 1. The molecule has 2 aromatic rings. The number of piperidine rings is 1. The lowest BCUT2D eigenvalue weighted by molar-refractivity contribution is -0.120. The Hall–Kier alpha value is -2.95. The van der Waals surface area contributed by atoms with Crippen LogP contribution in [0.25, 0.3) is 6.08 Å². The molecule has 1 amide bonds. The molecule has 0 aromatic heterocycles. The van der Waals surface area contributed by atoms with E-state index in [1.54, 1.807) is 18.3 Å². The molecule has 1 fully saturated rings. The van der Waals surface area contributed by atoms with Crippen LogP contribution in [0.4, 0.5) is 10.1 Å². The molecule has 2 aromatic carbocycles. The van der Waals surface area contributed by atoms with E-state index >= 15 is 0 Å². The van der Waals surface area contributed by atoms with Crippen LogP contribution < -0.4 is 10.2 Å². The lowest BCUT2D eigenvalue weighted by Gasteiger charge is -2.28. The standard InChI is InChI=1S/C25H30FN3O/c1-2-23(18-25(30)28-19-21-7-6-8-22(26)17-21)27-14-13-20-9-11-24(12-10-20)29-15-4-3-5-16-29/h6-14,17H,2-5,15-16,18-19H2,1H3,(H,28,30)/b14-13+,27-23+. The zero-order valence-electron chi connectivity index (χ0n) is 17.6. The zero-order valence-corrected chi connectivity index (χ0v) is 17.6. The first kappa shape index (κ1) is 21.8. The first-order valence-corrected chi connectivity index (χ1v) is 10.7. The van der Waals surface area contributed by atoms with Crippen molar-refractivity contribution < 1.29 is 9.18 Å². The van der Waals surface area contributed by atoms with Crippen molar-refractivity contribution in [1.29, 1.82) is 0 Å². The number of nitrogens with one attached hydrogen (secondary N) is 1. The van der Waals surface area contributed by atoms with Gasteiger partial charge in [0.25, 0.3) is 0 Å². The van der Waals surface area contributed by atoms with Crippen molar-refractivity contribution in [2.45, 2.75) is 45.6 Å². The van der Waals surface area contributed by atoms with Crippen molar-refractivity contribution in [1.82, 2.24) is 5.32 Å². The van der Waals surface area contributed by atoms with Gasteiger partial charge < -0.3 is 10.2 Å². The van der Waals surface area contributed by atoms with Crippen LogP contribution in [0.15, 0.2) is 59.7 Å². The maximum absolute atomic E-state index is 13.2. The highest BCUT2D eigenvalue weighted by Crippen LogP contribution is 2.20. The van der Waals surface area contributed by atoms with Gasteiger partial charge in [-0.1, -0.05) is 31.2 Å². The van der Waals surface area contributed by atoms with E-state index in [0.29, 0.717) is 13.0 Å². The Morgan fingerprint density at radius 1 is 1.13 bits per heavy atom. The van der Waals surface area contributed by atoms with Gasteiger partial charge in [0.2, 0.25) is 5.91 Å². The Morgan fingerprint density at radius 2 is 1.90 bits per heavy atom. The fourth-order valence-corrected chi connectivity index (χ4v) is 3.53. The molecule has 158 valence electrons. The number of aliphatic imine (C=N–C) groups is 1. The fourth-order valence-electron chi connectivity index (χ4n) is 3.53. The van der Waals surface area contributed by atoms with Gasteiger partial charge in [0, 0.05) is 37.2 Å². The van der Waals surface area contributed by atoms with Crippen molar-refractivity contribution >= 4 is 23.4 Å². The quantitative estimate of drug-likeness (QED) is 0.600. The minimum Gasteiger partial charge on any atom is -0.372 e. The molecule has 0 aliphatic carbocycles. The molecule has 0 atom stereocenters. The van der Waals surface area contributed by atoms with Gasteiger partial charge in [-0.05, 0) is 67.2 Å². The summed E-state index contributed by atoms with van der Waals surface area (Å²) in [5, 5.41) is 2.82.